The van der Waals surface area contributed by atoms with Gasteiger partial charge in [0, 0.05) is 20.7 Å². The Bertz CT molecular complexity index is 739. The Morgan fingerprint density at radius 3 is 2.78 bits per heavy atom. The van der Waals surface area contributed by atoms with Crippen LogP contribution in [0.2, 0.25) is 5.02 Å². The van der Waals surface area contributed by atoms with Gasteiger partial charge in [-0.15, -0.1) is 11.3 Å². The van der Waals surface area contributed by atoms with Crippen LogP contribution in [0.5, 0.6) is 0 Å². The van der Waals surface area contributed by atoms with Crippen LogP contribution in [-0.4, -0.2) is 4.98 Å². The predicted molar refractivity (Wildman–Crippen MR) is 82.2 cm³/mol. The van der Waals surface area contributed by atoms with E-state index < -0.39 is 0 Å². The molecule has 90 valence electrons. The summed E-state index contributed by atoms with van der Waals surface area (Å²) in [7, 11) is 0. The van der Waals surface area contributed by atoms with E-state index in [2.05, 4.69) is 20.9 Å². The maximum atomic E-state index is 5.97. The van der Waals surface area contributed by atoms with Crippen LogP contribution in [-0.2, 0) is 0 Å². The van der Waals surface area contributed by atoms with Crippen LogP contribution >= 0.6 is 38.9 Å². The molecule has 1 heterocycles. The van der Waals surface area contributed by atoms with Gasteiger partial charge in [0.25, 0.3) is 0 Å². The number of nitrogen functional groups attached to an aromatic ring is 1. The molecule has 0 unspecified atom stereocenters. The Kier molecular flexibility index (Phi) is 3.01. The van der Waals surface area contributed by atoms with E-state index in [0.717, 1.165) is 30.3 Å². The highest BCUT2D eigenvalue weighted by atomic mass is 79.9. The number of halogens is 2. The molecule has 0 amide bonds. The zero-order chi connectivity index (χ0) is 12.7. The van der Waals surface area contributed by atoms with E-state index >= 15 is 0 Å². The van der Waals surface area contributed by atoms with Gasteiger partial charge in [0.15, 0.2) is 0 Å². The number of rotatable bonds is 1. The largest absolute Gasteiger partial charge is 0.398 e. The molecule has 0 saturated heterocycles. The molecule has 0 atom stereocenters. The summed E-state index contributed by atoms with van der Waals surface area (Å²) in [6, 6.07) is 11.6. The lowest BCUT2D eigenvalue weighted by atomic mass is 10.2. The van der Waals surface area contributed by atoms with Gasteiger partial charge in [-0.25, -0.2) is 4.98 Å². The monoisotopic (exact) mass is 338 g/mol. The number of nitrogens with zero attached hydrogens (tertiary/aromatic N) is 1. The van der Waals surface area contributed by atoms with Crippen molar-refractivity contribution >= 4 is 54.8 Å². The number of fused-ring (bicyclic) bond motifs is 1. The van der Waals surface area contributed by atoms with E-state index in [0.29, 0.717) is 5.69 Å². The second-order valence-corrected chi connectivity index (χ2v) is 6.19. The summed E-state index contributed by atoms with van der Waals surface area (Å²) in [5.74, 6) is 0. The van der Waals surface area contributed by atoms with Crippen molar-refractivity contribution in [3.63, 3.8) is 0 Å². The SMILES string of the molecule is Nc1cc(-c2nc3ccc(Cl)cc3s2)ccc1Br. The minimum atomic E-state index is 0.713. The smallest absolute Gasteiger partial charge is 0.124 e. The first kappa shape index (κ1) is 12.0. The average molecular weight is 340 g/mol. The second-order valence-electron chi connectivity index (χ2n) is 3.87. The highest BCUT2D eigenvalue weighted by molar-refractivity contribution is 9.10. The Morgan fingerprint density at radius 1 is 1.17 bits per heavy atom. The Labute approximate surface area is 122 Å². The molecule has 18 heavy (non-hydrogen) atoms. The number of hydrogen-bond acceptors (Lipinski definition) is 3. The summed E-state index contributed by atoms with van der Waals surface area (Å²) in [6.45, 7) is 0. The molecule has 2 N–H and O–H groups in total. The lowest BCUT2D eigenvalue weighted by Gasteiger charge is -2.00. The van der Waals surface area contributed by atoms with Crippen LogP contribution in [0.4, 0.5) is 5.69 Å². The van der Waals surface area contributed by atoms with Crippen molar-refractivity contribution in [2.75, 3.05) is 5.73 Å². The van der Waals surface area contributed by atoms with Crippen LogP contribution in [0.3, 0.4) is 0 Å². The van der Waals surface area contributed by atoms with Gasteiger partial charge in [-0.1, -0.05) is 17.7 Å². The van der Waals surface area contributed by atoms with E-state index in [1.165, 1.54) is 0 Å². The van der Waals surface area contributed by atoms with E-state index in [1.54, 1.807) is 11.3 Å². The summed E-state index contributed by atoms with van der Waals surface area (Å²) in [4.78, 5) is 4.58. The molecule has 2 aromatic carbocycles. The Morgan fingerprint density at radius 2 is 2.00 bits per heavy atom. The Balaban J connectivity index is 2.16. The molecule has 2 nitrogen and oxygen atoms in total. The lowest BCUT2D eigenvalue weighted by Crippen LogP contribution is -1.87. The zero-order valence-corrected chi connectivity index (χ0v) is 12.3. The fourth-order valence-electron chi connectivity index (χ4n) is 1.70. The fraction of sp³-hybridized carbons (Fsp3) is 0. The second kappa shape index (κ2) is 4.53. The minimum absolute atomic E-state index is 0.713. The summed E-state index contributed by atoms with van der Waals surface area (Å²) < 4.78 is 1.98. The molecule has 0 bridgehead atoms. The van der Waals surface area contributed by atoms with Gasteiger partial charge >= 0.3 is 0 Å². The maximum Gasteiger partial charge on any atom is 0.124 e. The van der Waals surface area contributed by atoms with Gasteiger partial charge in [-0.05, 0) is 46.3 Å². The molecule has 0 saturated carbocycles. The first-order valence-electron chi connectivity index (χ1n) is 5.25. The van der Waals surface area contributed by atoms with Crippen molar-refractivity contribution in [1.29, 1.82) is 0 Å². The molecule has 1 aromatic heterocycles. The highest BCUT2D eigenvalue weighted by Crippen LogP contribution is 2.33. The van der Waals surface area contributed by atoms with Gasteiger partial charge < -0.3 is 5.73 Å². The van der Waals surface area contributed by atoms with Crippen LogP contribution < -0.4 is 5.73 Å². The molecule has 0 spiro atoms. The van der Waals surface area contributed by atoms with Gasteiger partial charge in [0.05, 0.1) is 10.2 Å². The summed E-state index contributed by atoms with van der Waals surface area (Å²) >= 11 is 11.0. The topological polar surface area (TPSA) is 38.9 Å². The quantitative estimate of drug-likeness (QED) is 0.636. The molecule has 0 radical (unpaired) electrons. The molecular formula is C13H8BrClN2S. The molecular weight excluding hydrogens is 332 g/mol. The fourth-order valence-corrected chi connectivity index (χ4v) is 3.18. The molecule has 3 aromatic rings. The third-order valence-electron chi connectivity index (χ3n) is 2.59. The molecule has 0 aliphatic rings. The summed E-state index contributed by atoms with van der Waals surface area (Å²) in [6.07, 6.45) is 0. The molecule has 0 aliphatic heterocycles. The lowest BCUT2D eigenvalue weighted by molar-refractivity contribution is 1.47. The molecule has 0 aliphatic carbocycles. The number of benzene rings is 2. The van der Waals surface area contributed by atoms with Crippen molar-refractivity contribution < 1.29 is 0 Å². The number of anilines is 1. The van der Waals surface area contributed by atoms with Gasteiger partial charge in [0.2, 0.25) is 0 Å². The zero-order valence-electron chi connectivity index (χ0n) is 9.15. The van der Waals surface area contributed by atoms with Crippen LogP contribution in [0.15, 0.2) is 40.9 Å². The van der Waals surface area contributed by atoms with Gasteiger partial charge in [-0.3, -0.25) is 0 Å². The van der Waals surface area contributed by atoms with Crippen LogP contribution in [0, 0.1) is 0 Å². The standard InChI is InChI=1S/C13H8BrClN2S/c14-9-3-1-7(5-10(9)16)13-17-11-4-2-8(15)6-12(11)18-13/h1-6H,16H2. The number of thiazole rings is 1. The van der Waals surface area contributed by atoms with Crippen molar-refractivity contribution in [1.82, 2.24) is 4.98 Å². The highest BCUT2D eigenvalue weighted by Gasteiger charge is 2.08. The van der Waals surface area contributed by atoms with E-state index in [4.69, 9.17) is 17.3 Å². The Hall–Kier alpha value is -1.10. The van der Waals surface area contributed by atoms with Crippen molar-refractivity contribution in [3.8, 4) is 10.6 Å². The predicted octanol–water partition coefficient (Wildman–Crippen LogP) is 4.96. The number of hydrogen-bond donors (Lipinski definition) is 1. The van der Waals surface area contributed by atoms with Crippen LogP contribution in [0.1, 0.15) is 0 Å². The van der Waals surface area contributed by atoms with E-state index in [1.807, 2.05) is 36.4 Å². The molecule has 0 fully saturated rings. The van der Waals surface area contributed by atoms with Crippen molar-refractivity contribution in [2.45, 2.75) is 0 Å². The normalized spacial score (nSPS) is 11.0. The van der Waals surface area contributed by atoms with Gasteiger partial charge in [0.1, 0.15) is 5.01 Å². The molecule has 3 rings (SSSR count). The van der Waals surface area contributed by atoms with Crippen LogP contribution in [0.25, 0.3) is 20.8 Å². The van der Waals surface area contributed by atoms with E-state index in [-0.39, 0.29) is 0 Å². The summed E-state index contributed by atoms with van der Waals surface area (Å²) in [5.41, 5.74) is 8.58. The van der Waals surface area contributed by atoms with Crippen molar-refractivity contribution in [2.24, 2.45) is 0 Å². The summed E-state index contributed by atoms with van der Waals surface area (Å²) in [5, 5.41) is 1.68. The maximum absolute atomic E-state index is 5.97. The minimum Gasteiger partial charge on any atom is -0.398 e. The number of nitrogens with two attached hydrogens (primary N) is 1. The third-order valence-corrected chi connectivity index (χ3v) is 4.62. The average Bonchev–Trinajstić information content (AvgIpc) is 2.75. The van der Waals surface area contributed by atoms with E-state index in [9.17, 15) is 0 Å². The molecule has 5 heteroatoms. The third kappa shape index (κ3) is 2.11. The number of aromatic nitrogens is 1. The first-order chi connectivity index (χ1) is 8.63. The van der Waals surface area contributed by atoms with Gasteiger partial charge in [-0.2, -0.15) is 0 Å². The van der Waals surface area contributed by atoms with Crippen molar-refractivity contribution in [3.05, 3.63) is 45.9 Å². The first-order valence-corrected chi connectivity index (χ1v) is 7.24.